The van der Waals surface area contributed by atoms with Crippen LogP contribution in [0.4, 0.5) is 13.2 Å². The molecule has 1 amide bonds. The van der Waals surface area contributed by atoms with E-state index in [-0.39, 0.29) is 11.4 Å². The molecule has 0 aliphatic carbocycles. The second kappa shape index (κ2) is 5.55. The fourth-order valence-electron chi connectivity index (χ4n) is 1.60. The van der Waals surface area contributed by atoms with Crippen molar-refractivity contribution in [2.24, 2.45) is 0 Å². The maximum absolute atomic E-state index is 12.7. The number of carbonyl (C=O) groups excluding carboxylic acids is 1. The molecule has 8 heteroatoms. The molecule has 1 aromatic heterocycles. The Labute approximate surface area is 111 Å². The third-order valence-electron chi connectivity index (χ3n) is 2.47. The molecule has 0 saturated carbocycles. The third kappa shape index (κ3) is 3.02. The number of halogens is 3. The summed E-state index contributed by atoms with van der Waals surface area (Å²) in [5, 5.41) is 8.45. The molecular weight excluding hydrogens is 273 g/mol. The number of hydrogen-bond acceptors (Lipinski definition) is 3. The molecule has 20 heavy (non-hydrogen) atoms. The van der Waals surface area contributed by atoms with Gasteiger partial charge in [-0.25, -0.2) is 4.98 Å². The third-order valence-corrected chi connectivity index (χ3v) is 2.47. The van der Waals surface area contributed by atoms with E-state index in [0.29, 0.717) is 12.0 Å². The summed E-state index contributed by atoms with van der Waals surface area (Å²) in [5.41, 5.74) is -0.238. The lowest BCUT2D eigenvalue weighted by Gasteiger charge is -2.10. The van der Waals surface area contributed by atoms with Gasteiger partial charge in [-0.3, -0.25) is 9.89 Å². The van der Waals surface area contributed by atoms with Crippen LogP contribution < -0.4 is 5.32 Å². The number of hydrogen-bond donors (Lipinski definition) is 2. The van der Waals surface area contributed by atoms with Gasteiger partial charge in [0.1, 0.15) is 6.33 Å². The van der Waals surface area contributed by atoms with Crippen LogP contribution in [0.2, 0.25) is 0 Å². The maximum atomic E-state index is 12.7. The van der Waals surface area contributed by atoms with Gasteiger partial charge in [-0.2, -0.15) is 18.3 Å². The van der Waals surface area contributed by atoms with E-state index < -0.39 is 11.7 Å². The number of alkyl halides is 3. The Morgan fingerprint density at radius 1 is 1.35 bits per heavy atom. The standard InChI is InChI=1S/C12H9F3N4O/c13-12(14,15)9-3-1-2-8(4-9)10(5-16-7-20)11-17-6-18-19-11/h1-7H,(H,16,20)(H,17,18,19)/b10-5-. The Kier molecular flexibility index (Phi) is 3.83. The lowest BCUT2D eigenvalue weighted by atomic mass is 10.0. The molecule has 0 unspecified atom stereocenters. The van der Waals surface area contributed by atoms with Crippen LogP contribution in [0.3, 0.4) is 0 Å². The van der Waals surface area contributed by atoms with Gasteiger partial charge in [-0.05, 0) is 17.7 Å². The summed E-state index contributed by atoms with van der Waals surface area (Å²) >= 11 is 0. The molecule has 5 nitrogen and oxygen atoms in total. The van der Waals surface area contributed by atoms with E-state index in [1.165, 1.54) is 24.7 Å². The van der Waals surface area contributed by atoms with Crippen LogP contribution in [0.5, 0.6) is 0 Å². The second-order valence-electron chi connectivity index (χ2n) is 3.76. The van der Waals surface area contributed by atoms with Crippen LogP contribution in [-0.4, -0.2) is 21.6 Å². The number of aromatic amines is 1. The van der Waals surface area contributed by atoms with Gasteiger partial charge in [0.25, 0.3) is 0 Å². The first-order valence-electron chi connectivity index (χ1n) is 5.45. The number of rotatable bonds is 4. The van der Waals surface area contributed by atoms with Crippen molar-refractivity contribution in [3.63, 3.8) is 0 Å². The summed E-state index contributed by atoms with van der Waals surface area (Å²) in [6.07, 6.45) is -1.56. The monoisotopic (exact) mass is 282 g/mol. The number of carbonyl (C=O) groups is 1. The largest absolute Gasteiger partial charge is 0.416 e. The number of H-pyrrole nitrogens is 1. The number of benzene rings is 1. The van der Waals surface area contributed by atoms with Gasteiger partial charge in [0, 0.05) is 11.8 Å². The number of nitrogens with one attached hydrogen (secondary N) is 2. The van der Waals surface area contributed by atoms with Crippen LogP contribution in [0.15, 0.2) is 36.8 Å². The predicted molar refractivity (Wildman–Crippen MR) is 64.1 cm³/mol. The molecule has 2 N–H and O–H groups in total. The number of nitrogens with zero attached hydrogens (tertiary/aromatic N) is 2. The highest BCUT2D eigenvalue weighted by Gasteiger charge is 2.30. The van der Waals surface area contributed by atoms with Gasteiger partial charge < -0.3 is 5.32 Å². The summed E-state index contributed by atoms with van der Waals surface area (Å²) in [4.78, 5) is 14.2. The minimum Gasteiger partial charge on any atom is -0.334 e. The molecule has 0 atom stereocenters. The Hall–Kier alpha value is -2.64. The summed E-state index contributed by atoms with van der Waals surface area (Å²) in [5.74, 6) is 0.249. The summed E-state index contributed by atoms with van der Waals surface area (Å²) in [6.45, 7) is 0. The molecule has 0 aliphatic heterocycles. The molecule has 1 aromatic carbocycles. The van der Waals surface area contributed by atoms with Crippen LogP contribution in [0, 0.1) is 0 Å². The molecule has 104 valence electrons. The van der Waals surface area contributed by atoms with Gasteiger partial charge in [0.2, 0.25) is 6.41 Å². The van der Waals surface area contributed by atoms with E-state index in [9.17, 15) is 18.0 Å². The molecule has 0 saturated heterocycles. The van der Waals surface area contributed by atoms with Crippen LogP contribution in [-0.2, 0) is 11.0 Å². The average molecular weight is 282 g/mol. The second-order valence-corrected chi connectivity index (χ2v) is 3.76. The quantitative estimate of drug-likeness (QED) is 0.842. The molecular formula is C12H9F3N4O. The van der Waals surface area contributed by atoms with Crippen molar-refractivity contribution < 1.29 is 18.0 Å². The van der Waals surface area contributed by atoms with Crippen molar-refractivity contribution in [2.45, 2.75) is 6.18 Å². The zero-order chi connectivity index (χ0) is 14.6. The fourth-order valence-corrected chi connectivity index (χ4v) is 1.60. The first-order valence-corrected chi connectivity index (χ1v) is 5.45. The lowest BCUT2D eigenvalue weighted by molar-refractivity contribution is -0.137. The summed E-state index contributed by atoms with van der Waals surface area (Å²) < 4.78 is 38.1. The van der Waals surface area contributed by atoms with E-state index in [4.69, 9.17) is 0 Å². The summed E-state index contributed by atoms with van der Waals surface area (Å²) in [7, 11) is 0. The Bertz CT molecular complexity index is 620. The summed E-state index contributed by atoms with van der Waals surface area (Å²) in [6, 6.07) is 4.70. The highest BCUT2D eigenvalue weighted by molar-refractivity contribution is 5.77. The van der Waals surface area contributed by atoms with Crippen molar-refractivity contribution >= 4 is 12.0 Å². The van der Waals surface area contributed by atoms with E-state index in [1.54, 1.807) is 0 Å². The SMILES string of the molecule is O=CN/C=C(/c1cccc(C(F)(F)F)c1)c1ncn[nH]1. The Morgan fingerprint density at radius 2 is 2.15 bits per heavy atom. The van der Waals surface area contributed by atoms with Gasteiger partial charge >= 0.3 is 6.18 Å². The van der Waals surface area contributed by atoms with Gasteiger partial charge in [-0.15, -0.1) is 0 Å². The van der Waals surface area contributed by atoms with Crippen LogP contribution in [0.1, 0.15) is 17.0 Å². The van der Waals surface area contributed by atoms with Crippen LogP contribution >= 0.6 is 0 Å². The van der Waals surface area contributed by atoms with Crippen molar-refractivity contribution in [1.29, 1.82) is 0 Å². The molecule has 0 spiro atoms. The predicted octanol–water partition coefficient (Wildman–Crippen LogP) is 1.96. The van der Waals surface area contributed by atoms with E-state index in [2.05, 4.69) is 20.5 Å². The lowest BCUT2D eigenvalue weighted by Crippen LogP contribution is -2.07. The van der Waals surface area contributed by atoms with Crippen molar-refractivity contribution in [3.8, 4) is 0 Å². The van der Waals surface area contributed by atoms with E-state index in [0.717, 1.165) is 12.1 Å². The average Bonchev–Trinajstić information content (AvgIpc) is 2.92. The molecule has 1 heterocycles. The Morgan fingerprint density at radius 3 is 2.75 bits per heavy atom. The van der Waals surface area contributed by atoms with E-state index in [1.807, 2.05) is 0 Å². The van der Waals surface area contributed by atoms with Gasteiger partial charge in [-0.1, -0.05) is 12.1 Å². The minimum atomic E-state index is -4.44. The maximum Gasteiger partial charge on any atom is 0.416 e. The van der Waals surface area contributed by atoms with Gasteiger partial charge in [0.15, 0.2) is 5.82 Å². The van der Waals surface area contributed by atoms with Crippen molar-refractivity contribution in [1.82, 2.24) is 20.5 Å². The normalized spacial score (nSPS) is 12.2. The minimum absolute atomic E-state index is 0.249. The molecule has 0 fully saturated rings. The smallest absolute Gasteiger partial charge is 0.334 e. The zero-order valence-corrected chi connectivity index (χ0v) is 9.98. The topological polar surface area (TPSA) is 70.7 Å². The fraction of sp³-hybridized carbons (Fsp3) is 0.0833. The highest BCUT2D eigenvalue weighted by atomic mass is 19.4. The number of aromatic nitrogens is 3. The number of amides is 1. The molecule has 2 aromatic rings. The molecule has 0 bridgehead atoms. The van der Waals surface area contributed by atoms with Gasteiger partial charge in [0.05, 0.1) is 5.56 Å². The zero-order valence-electron chi connectivity index (χ0n) is 9.98. The molecule has 0 radical (unpaired) electrons. The molecule has 2 rings (SSSR count). The van der Waals surface area contributed by atoms with Crippen molar-refractivity contribution in [2.75, 3.05) is 0 Å². The highest BCUT2D eigenvalue weighted by Crippen LogP contribution is 2.31. The van der Waals surface area contributed by atoms with Crippen LogP contribution in [0.25, 0.3) is 5.57 Å². The molecule has 0 aliphatic rings. The Balaban J connectivity index is 2.47. The first kappa shape index (κ1) is 13.8. The van der Waals surface area contributed by atoms with Crippen molar-refractivity contribution in [3.05, 3.63) is 53.7 Å². The van der Waals surface area contributed by atoms with E-state index >= 15 is 0 Å². The first-order chi connectivity index (χ1) is 9.52.